The quantitative estimate of drug-likeness (QED) is 0.653. The first-order valence-corrected chi connectivity index (χ1v) is 5.81. The van der Waals surface area contributed by atoms with Gasteiger partial charge in [0.05, 0.1) is 0 Å². The number of nitrogens with zero attached hydrogens (tertiary/aromatic N) is 2. The van der Waals surface area contributed by atoms with Crippen molar-refractivity contribution in [3.63, 3.8) is 0 Å². The van der Waals surface area contributed by atoms with Gasteiger partial charge in [0.25, 0.3) is 0 Å². The molecule has 0 atom stereocenters. The number of anilines is 1. The predicted molar refractivity (Wildman–Crippen MR) is 68.2 cm³/mol. The predicted octanol–water partition coefficient (Wildman–Crippen LogP) is 2.24. The van der Waals surface area contributed by atoms with Crippen LogP contribution in [0.1, 0.15) is 26.7 Å². The number of hydrogen-bond acceptors (Lipinski definition) is 4. The van der Waals surface area contributed by atoms with Gasteiger partial charge >= 0.3 is 0 Å². The summed E-state index contributed by atoms with van der Waals surface area (Å²) >= 11 is 11.3. The minimum absolute atomic E-state index is 0.00745. The second-order valence-corrected chi connectivity index (χ2v) is 5.11. The second-order valence-electron chi connectivity index (χ2n) is 4.38. The highest BCUT2D eigenvalue weighted by Crippen LogP contribution is 2.15. The number of hydrogen-bond donors (Lipinski definition) is 2. The van der Waals surface area contributed by atoms with Crippen LogP contribution in [0.5, 0.6) is 0 Å². The van der Waals surface area contributed by atoms with E-state index >= 15 is 0 Å². The van der Waals surface area contributed by atoms with Gasteiger partial charge in [-0.1, -0.05) is 11.6 Å². The van der Waals surface area contributed by atoms with E-state index in [1.54, 1.807) is 0 Å². The highest BCUT2D eigenvalue weighted by atomic mass is 35.5. The van der Waals surface area contributed by atoms with Gasteiger partial charge in [-0.3, -0.25) is 4.79 Å². The van der Waals surface area contributed by atoms with Gasteiger partial charge in [-0.05, 0) is 31.9 Å². The van der Waals surface area contributed by atoms with Crippen molar-refractivity contribution in [3.05, 3.63) is 16.5 Å². The number of halogens is 2. The van der Waals surface area contributed by atoms with Crippen molar-refractivity contribution in [2.45, 2.75) is 32.2 Å². The van der Waals surface area contributed by atoms with Gasteiger partial charge in [-0.25, -0.2) is 9.97 Å². The van der Waals surface area contributed by atoms with Crippen LogP contribution in [-0.2, 0) is 4.79 Å². The summed E-state index contributed by atoms with van der Waals surface area (Å²) in [6, 6.07) is 1.43. The summed E-state index contributed by atoms with van der Waals surface area (Å²) in [5.74, 6) is 0.101. The fourth-order valence-electron chi connectivity index (χ4n) is 1.09. The standard InChI is InChI=1S/C10H14Cl2N4O/c1-10(2,13)4-3-8(17)15-7-5-6(11)14-9(12)16-7/h5H,3-4,13H2,1-2H3,(H,14,15,16,17). The molecule has 1 aromatic heterocycles. The van der Waals surface area contributed by atoms with Gasteiger partial charge in [0.2, 0.25) is 11.2 Å². The summed E-state index contributed by atoms with van der Waals surface area (Å²) < 4.78 is 0. The fourth-order valence-corrected chi connectivity index (χ4v) is 1.50. The highest BCUT2D eigenvalue weighted by molar-refractivity contribution is 6.32. The summed E-state index contributed by atoms with van der Waals surface area (Å²) in [6.45, 7) is 3.72. The molecule has 17 heavy (non-hydrogen) atoms. The number of carbonyl (C=O) groups excluding carboxylic acids is 1. The van der Waals surface area contributed by atoms with Crippen molar-refractivity contribution in [3.8, 4) is 0 Å². The molecule has 0 aliphatic heterocycles. The number of nitrogens with one attached hydrogen (secondary N) is 1. The Morgan fingerprint density at radius 2 is 2.12 bits per heavy atom. The van der Waals surface area contributed by atoms with Crippen LogP contribution in [0.3, 0.4) is 0 Å². The Morgan fingerprint density at radius 1 is 1.47 bits per heavy atom. The van der Waals surface area contributed by atoms with Gasteiger partial charge in [-0.15, -0.1) is 0 Å². The summed E-state index contributed by atoms with van der Waals surface area (Å²) in [5.41, 5.74) is 5.40. The third-order valence-electron chi connectivity index (χ3n) is 1.93. The first kappa shape index (κ1) is 14.2. The van der Waals surface area contributed by atoms with Crippen molar-refractivity contribution in [1.29, 1.82) is 0 Å². The molecule has 5 nitrogen and oxygen atoms in total. The topological polar surface area (TPSA) is 80.9 Å². The van der Waals surface area contributed by atoms with Gasteiger partial charge in [0.1, 0.15) is 11.0 Å². The van der Waals surface area contributed by atoms with Crippen LogP contribution in [0.2, 0.25) is 10.4 Å². The van der Waals surface area contributed by atoms with Crippen LogP contribution in [0.4, 0.5) is 5.82 Å². The maximum atomic E-state index is 11.6. The first-order chi connectivity index (χ1) is 7.76. The maximum absolute atomic E-state index is 11.6. The molecule has 94 valence electrons. The van der Waals surface area contributed by atoms with E-state index in [0.29, 0.717) is 12.8 Å². The van der Waals surface area contributed by atoms with Gasteiger partial charge < -0.3 is 11.1 Å². The van der Waals surface area contributed by atoms with Crippen LogP contribution < -0.4 is 11.1 Å². The zero-order valence-electron chi connectivity index (χ0n) is 9.63. The molecule has 0 aliphatic rings. The third-order valence-corrected chi connectivity index (χ3v) is 2.29. The largest absolute Gasteiger partial charge is 0.326 e. The van der Waals surface area contributed by atoms with Crippen molar-refractivity contribution < 1.29 is 4.79 Å². The lowest BCUT2D eigenvalue weighted by Gasteiger charge is -2.17. The van der Waals surface area contributed by atoms with E-state index in [1.807, 2.05) is 13.8 Å². The van der Waals surface area contributed by atoms with Crippen molar-refractivity contribution in [2.75, 3.05) is 5.32 Å². The summed E-state index contributed by atoms with van der Waals surface area (Å²) in [6.07, 6.45) is 0.883. The smallest absolute Gasteiger partial charge is 0.225 e. The normalized spacial score (nSPS) is 11.4. The van der Waals surface area contributed by atoms with E-state index in [0.717, 1.165) is 0 Å². The molecule has 0 spiro atoms. The van der Waals surface area contributed by atoms with Crippen molar-refractivity contribution >= 4 is 34.9 Å². The lowest BCUT2D eigenvalue weighted by Crippen LogP contribution is -2.33. The van der Waals surface area contributed by atoms with Gasteiger partial charge in [-0.2, -0.15) is 0 Å². The molecular formula is C10H14Cl2N4O. The Kier molecular flexibility index (Phi) is 4.68. The van der Waals surface area contributed by atoms with E-state index in [2.05, 4.69) is 15.3 Å². The van der Waals surface area contributed by atoms with Crippen LogP contribution in [0.15, 0.2) is 6.07 Å². The van der Waals surface area contributed by atoms with Crippen LogP contribution >= 0.6 is 23.2 Å². The minimum Gasteiger partial charge on any atom is -0.326 e. The summed E-state index contributed by atoms with van der Waals surface area (Å²) in [4.78, 5) is 19.1. The van der Waals surface area contributed by atoms with E-state index in [4.69, 9.17) is 28.9 Å². The molecule has 1 aromatic rings. The van der Waals surface area contributed by atoms with E-state index in [-0.39, 0.29) is 27.7 Å². The molecule has 0 bridgehead atoms. The zero-order valence-corrected chi connectivity index (χ0v) is 11.1. The molecular weight excluding hydrogens is 263 g/mol. The third kappa shape index (κ3) is 5.81. The number of nitrogens with two attached hydrogens (primary N) is 1. The molecule has 3 N–H and O–H groups in total. The van der Waals surface area contributed by atoms with Crippen LogP contribution in [-0.4, -0.2) is 21.4 Å². The fraction of sp³-hybridized carbons (Fsp3) is 0.500. The Balaban J connectivity index is 2.56. The van der Waals surface area contributed by atoms with E-state index < -0.39 is 0 Å². The number of amides is 1. The molecule has 7 heteroatoms. The first-order valence-electron chi connectivity index (χ1n) is 5.05. The zero-order chi connectivity index (χ0) is 13.1. The van der Waals surface area contributed by atoms with Gasteiger partial charge in [0, 0.05) is 18.0 Å². The Bertz CT molecular complexity index is 397. The molecule has 0 fully saturated rings. The number of carbonyl (C=O) groups is 1. The monoisotopic (exact) mass is 276 g/mol. The molecule has 1 amide bonds. The minimum atomic E-state index is -0.377. The second kappa shape index (κ2) is 5.62. The Morgan fingerprint density at radius 3 is 2.65 bits per heavy atom. The van der Waals surface area contributed by atoms with Crippen LogP contribution in [0.25, 0.3) is 0 Å². The number of aromatic nitrogens is 2. The SMILES string of the molecule is CC(C)(N)CCC(=O)Nc1cc(Cl)nc(Cl)n1. The van der Waals surface area contributed by atoms with Gasteiger partial charge in [0.15, 0.2) is 0 Å². The molecule has 1 rings (SSSR count). The summed E-state index contributed by atoms with van der Waals surface area (Å²) in [5, 5.41) is 2.75. The lowest BCUT2D eigenvalue weighted by molar-refractivity contribution is -0.116. The van der Waals surface area contributed by atoms with E-state index in [1.165, 1.54) is 6.07 Å². The number of rotatable bonds is 4. The summed E-state index contributed by atoms with van der Waals surface area (Å²) in [7, 11) is 0. The molecule has 0 radical (unpaired) electrons. The molecule has 0 unspecified atom stereocenters. The van der Waals surface area contributed by atoms with Crippen LogP contribution in [0, 0.1) is 0 Å². The molecule has 0 saturated carbocycles. The molecule has 0 saturated heterocycles. The maximum Gasteiger partial charge on any atom is 0.225 e. The molecule has 0 aliphatic carbocycles. The van der Waals surface area contributed by atoms with Crippen molar-refractivity contribution in [2.24, 2.45) is 5.73 Å². The lowest BCUT2D eigenvalue weighted by atomic mass is 10.00. The van der Waals surface area contributed by atoms with Crippen molar-refractivity contribution in [1.82, 2.24) is 9.97 Å². The average molecular weight is 277 g/mol. The highest BCUT2D eigenvalue weighted by Gasteiger charge is 2.14. The van der Waals surface area contributed by atoms with E-state index in [9.17, 15) is 4.79 Å². The Labute approximate surface area is 110 Å². The molecule has 0 aromatic carbocycles. The molecule has 1 heterocycles. The average Bonchev–Trinajstić information content (AvgIpc) is 2.11. The Hall–Kier alpha value is -0.910.